The van der Waals surface area contributed by atoms with Gasteiger partial charge in [0.25, 0.3) is 5.56 Å². The molecule has 16 heavy (non-hydrogen) atoms. The van der Waals surface area contributed by atoms with Gasteiger partial charge in [0.2, 0.25) is 0 Å². The van der Waals surface area contributed by atoms with Crippen LogP contribution in [0.2, 0.25) is 0 Å². The van der Waals surface area contributed by atoms with Gasteiger partial charge >= 0.3 is 5.69 Å². The van der Waals surface area contributed by atoms with Crippen molar-refractivity contribution in [1.82, 2.24) is 9.55 Å². The molecule has 6 heteroatoms. The van der Waals surface area contributed by atoms with Crippen LogP contribution in [0.4, 0.5) is 0 Å². The number of nitrogens with one attached hydrogen (secondary N) is 1. The van der Waals surface area contributed by atoms with E-state index in [0.717, 1.165) is 6.29 Å². The van der Waals surface area contributed by atoms with Gasteiger partial charge in [-0.05, 0) is 6.42 Å². The van der Waals surface area contributed by atoms with Crippen molar-refractivity contribution in [3.63, 3.8) is 0 Å². The monoisotopic (exact) mass is 224 g/mol. The highest BCUT2D eigenvalue weighted by molar-refractivity contribution is 5.56. The van der Waals surface area contributed by atoms with E-state index in [9.17, 15) is 14.4 Å². The van der Waals surface area contributed by atoms with E-state index in [1.54, 1.807) is 0 Å². The Labute approximate surface area is 90.9 Å². The number of hydrogen-bond donors (Lipinski definition) is 1. The molecule has 0 radical (unpaired) electrons. The van der Waals surface area contributed by atoms with Gasteiger partial charge in [-0.1, -0.05) is 6.92 Å². The third-order valence-corrected chi connectivity index (χ3v) is 2.68. The van der Waals surface area contributed by atoms with Gasteiger partial charge in [-0.15, -0.1) is 0 Å². The second-order valence-corrected chi connectivity index (χ2v) is 3.93. The summed E-state index contributed by atoms with van der Waals surface area (Å²) in [7, 11) is 0. The largest absolute Gasteiger partial charge is 0.347 e. The number of ether oxygens (including phenoxy) is 1. The lowest BCUT2D eigenvalue weighted by Crippen LogP contribution is -2.33. The lowest BCUT2D eigenvalue weighted by Gasteiger charge is -2.16. The molecule has 0 saturated carbocycles. The molecule has 1 aliphatic heterocycles. The van der Waals surface area contributed by atoms with Gasteiger partial charge in [0.1, 0.15) is 18.6 Å². The second-order valence-electron chi connectivity index (χ2n) is 3.93. The van der Waals surface area contributed by atoms with Crippen molar-refractivity contribution in [3.05, 3.63) is 33.1 Å². The van der Waals surface area contributed by atoms with Crippen molar-refractivity contribution in [1.29, 1.82) is 0 Å². The van der Waals surface area contributed by atoms with E-state index in [4.69, 9.17) is 4.74 Å². The molecule has 1 saturated heterocycles. The van der Waals surface area contributed by atoms with E-state index in [2.05, 4.69) is 4.98 Å². The molecule has 1 N–H and O–H groups in total. The molecule has 0 aliphatic carbocycles. The van der Waals surface area contributed by atoms with Gasteiger partial charge in [-0.3, -0.25) is 14.3 Å². The lowest BCUT2D eigenvalue weighted by atomic mass is 10.1. The van der Waals surface area contributed by atoms with Crippen molar-refractivity contribution >= 4 is 6.29 Å². The molecule has 3 atom stereocenters. The summed E-state index contributed by atoms with van der Waals surface area (Å²) in [6, 6.07) is 1.26. The molecule has 0 amide bonds. The average molecular weight is 224 g/mol. The number of carbonyl (C=O) groups is 1. The van der Waals surface area contributed by atoms with Crippen molar-refractivity contribution in [3.8, 4) is 0 Å². The Morgan fingerprint density at radius 1 is 1.56 bits per heavy atom. The first-order chi connectivity index (χ1) is 7.61. The number of rotatable bonds is 2. The Morgan fingerprint density at radius 2 is 2.31 bits per heavy atom. The molecule has 0 spiro atoms. The second kappa shape index (κ2) is 4.05. The highest BCUT2D eigenvalue weighted by atomic mass is 16.5. The van der Waals surface area contributed by atoms with Crippen LogP contribution in [-0.2, 0) is 9.53 Å². The van der Waals surface area contributed by atoms with Crippen LogP contribution in [0.1, 0.15) is 19.6 Å². The highest BCUT2D eigenvalue weighted by Crippen LogP contribution is 2.31. The number of H-pyrrole nitrogens is 1. The summed E-state index contributed by atoms with van der Waals surface area (Å²) >= 11 is 0. The van der Waals surface area contributed by atoms with E-state index >= 15 is 0 Å². The minimum absolute atomic E-state index is 0.0544. The standard InChI is InChI=1S/C10H12N2O4/c1-6-4-7(5-13)16-9(6)12-3-2-8(14)11-10(12)15/h2-3,5-7,9H,4H2,1H3,(H,11,14,15). The number of nitrogens with zero attached hydrogens (tertiary/aromatic N) is 1. The fraction of sp³-hybridized carbons (Fsp3) is 0.500. The molecule has 1 fully saturated rings. The predicted octanol–water partition coefficient (Wildman–Crippen LogP) is -0.341. The average Bonchev–Trinajstić information content (AvgIpc) is 2.60. The van der Waals surface area contributed by atoms with Crippen LogP contribution in [0.3, 0.4) is 0 Å². The number of aromatic nitrogens is 2. The summed E-state index contributed by atoms with van der Waals surface area (Å²) in [5.41, 5.74) is -0.963. The van der Waals surface area contributed by atoms with Crippen LogP contribution in [0.15, 0.2) is 21.9 Å². The minimum Gasteiger partial charge on any atom is -0.347 e. The number of aromatic amines is 1. The van der Waals surface area contributed by atoms with E-state index < -0.39 is 23.6 Å². The molecule has 0 aromatic carbocycles. The Hall–Kier alpha value is -1.69. The van der Waals surface area contributed by atoms with Crippen molar-refractivity contribution in [2.24, 2.45) is 5.92 Å². The van der Waals surface area contributed by atoms with Gasteiger partial charge in [0.05, 0.1) is 0 Å². The summed E-state index contributed by atoms with van der Waals surface area (Å²) in [6.45, 7) is 1.89. The van der Waals surface area contributed by atoms with E-state index in [1.165, 1.54) is 16.8 Å². The first-order valence-corrected chi connectivity index (χ1v) is 5.04. The molecule has 3 unspecified atom stereocenters. The maximum absolute atomic E-state index is 11.5. The highest BCUT2D eigenvalue weighted by Gasteiger charge is 2.33. The Balaban J connectivity index is 2.35. The normalized spacial score (nSPS) is 29.2. The fourth-order valence-corrected chi connectivity index (χ4v) is 1.91. The Kier molecular flexibility index (Phi) is 2.74. The zero-order chi connectivity index (χ0) is 11.7. The van der Waals surface area contributed by atoms with Crippen LogP contribution in [0.25, 0.3) is 0 Å². The zero-order valence-corrected chi connectivity index (χ0v) is 8.75. The maximum atomic E-state index is 11.5. The first-order valence-electron chi connectivity index (χ1n) is 5.04. The van der Waals surface area contributed by atoms with Crippen molar-refractivity contribution < 1.29 is 9.53 Å². The number of hydrogen-bond acceptors (Lipinski definition) is 4. The topological polar surface area (TPSA) is 81.2 Å². The van der Waals surface area contributed by atoms with Crippen LogP contribution in [-0.4, -0.2) is 21.9 Å². The lowest BCUT2D eigenvalue weighted by molar-refractivity contribution is -0.119. The third kappa shape index (κ3) is 1.83. The summed E-state index contributed by atoms with van der Waals surface area (Å²) in [6.07, 6.45) is 1.74. The van der Waals surface area contributed by atoms with Crippen molar-refractivity contribution in [2.45, 2.75) is 25.7 Å². The van der Waals surface area contributed by atoms with Gasteiger partial charge in [-0.2, -0.15) is 0 Å². The summed E-state index contributed by atoms with van der Waals surface area (Å²) < 4.78 is 6.70. The minimum atomic E-state index is -0.518. The van der Waals surface area contributed by atoms with Gasteiger partial charge in [0, 0.05) is 18.2 Å². The number of carbonyl (C=O) groups excluding carboxylic acids is 1. The maximum Gasteiger partial charge on any atom is 0.330 e. The Bertz CT molecular complexity index is 504. The van der Waals surface area contributed by atoms with Crippen LogP contribution >= 0.6 is 0 Å². The van der Waals surface area contributed by atoms with E-state index in [1.807, 2.05) is 6.92 Å². The summed E-state index contributed by atoms with van der Waals surface area (Å²) in [5.74, 6) is 0.0544. The van der Waals surface area contributed by atoms with Crippen LogP contribution < -0.4 is 11.2 Å². The number of aldehydes is 1. The van der Waals surface area contributed by atoms with E-state index in [0.29, 0.717) is 6.42 Å². The Morgan fingerprint density at radius 3 is 2.88 bits per heavy atom. The van der Waals surface area contributed by atoms with Crippen LogP contribution in [0, 0.1) is 5.92 Å². The molecular formula is C10H12N2O4. The zero-order valence-electron chi connectivity index (χ0n) is 8.75. The summed E-state index contributed by atoms with van der Waals surface area (Å²) in [4.78, 5) is 35.2. The third-order valence-electron chi connectivity index (χ3n) is 2.68. The van der Waals surface area contributed by atoms with Gasteiger partial charge in [-0.25, -0.2) is 4.79 Å². The molecule has 2 rings (SSSR count). The molecular weight excluding hydrogens is 212 g/mol. The first kappa shape index (κ1) is 10.8. The van der Waals surface area contributed by atoms with E-state index in [-0.39, 0.29) is 5.92 Å². The molecule has 1 aliphatic rings. The van der Waals surface area contributed by atoms with Gasteiger partial charge < -0.3 is 9.53 Å². The van der Waals surface area contributed by atoms with Crippen LogP contribution in [0.5, 0.6) is 0 Å². The molecule has 6 nitrogen and oxygen atoms in total. The predicted molar refractivity (Wildman–Crippen MR) is 55.1 cm³/mol. The molecule has 1 aromatic heterocycles. The molecule has 1 aromatic rings. The molecule has 0 bridgehead atoms. The quantitative estimate of drug-likeness (QED) is 0.697. The molecule has 86 valence electrons. The fourth-order valence-electron chi connectivity index (χ4n) is 1.91. The van der Waals surface area contributed by atoms with Crippen molar-refractivity contribution in [2.75, 3.05) is 0 Å². The summed E-state index contributed by atoms with van der Waals surface area (Å²) in [5, 5.41) is 0. The SMILES string of the molecule is CC1CC(C=O)OC1n1ccc(=O)[nH]c1=O. The molecule has 2 heterocycles. The van der Waals surface area contributed by atoms with Gasteiger partial charge in [0.15, 0.2) is 0 Å². The smallest absolute Gasteiger partial charge is 0.330 e.